The van der Waals surface area contributed by atoms with Crippen LogP contribution in [0.15, 0.2) is 72.9 Å². The van der Waals surface area contributed by atoms with Gasteiger partial charge in [0.05, 0.1) is 0 Å². The third-order valence-corrected chi connectivity index (χ3v) is 11.9. The van der Waals surface area contributed by atoms with E-state index in [1.165, 1.54) is 122 Å². The second-order valence-corrected chi connectivity index (χ2v) is 18.5. The summed E-state index contributed by atoms with van der Waals surface area (Å²) < 4.78 is 16.8. The monoisotopic (exact) mass is 921 g/mol. The first-order valence-electron chi connectivity index (χ1n) is 27.9. The second kappa shape index (κ2) is 54.5. The van der Waals surface area contributed by atoms with Crippen molar-refractivity contribution in [3.63, 3.8) is 0 Å². The Morgan fingerprint density at radius 2 is 0.591 bits per heavy atom. The molecule has 0 saturated heterocycles. The maximum Gasteiger partial charge on any atom is 0.306 e. The van der Waals surface area contributed by atoms with E-state index in [4.69, 9.17) is 14.2 Å². The molecule has 1 atom stereocenters. The van der Waals surface area contributed by atoms with Crippen LogP contribution in [0.5, 0.6) is 0 Å². The Labute approximate surface area is 408 Å². The van der Waals surface area contributed by atoms with Gasteiger partial charge in [0, 0.05) is 19.3 Å². The van der Waals surface area contributed by atoms with Gasteiger partial charge in [0.15, 0.2) is 6.10 Å². The van der Waals surface area contributed by atoms with Gasteiger partial charge in [-0.05, 0) is 89.9 Å². The molecule has 0 aliphatic carbocycles. The van der Waals surface area contributed by atoms with Crippen molar-refractivity contribution in [2.45, 2.75) is 277 Å². The fourth-order valence-electron chi connectivity index (χ4n) is 7.76. The van der Waals surface area contributed by atoms with Crippen molar-refractivity contribution in [1.29, 1.82) is 0 Å². The van der Waals surface area contributed by atoms with Crippen LogP contribution in [0.2, 0.25) is 0 Å². The lowest BCUT2D eigenvalue weighted by atomic mass is 10.0. The molecule has 0 radical (unpaired) electrons. The predicted octanol–water partition coefficient (Wildman–Crippen LogP) is 18.6. The topological polar surface area (TPSA) is 78.9 Å². The zero-order valence-corrected chi connectivity index (χ0v) is 43.4. The van der Waals surface area contributed by atoms with Gasteiger partial charge >= 0.3 is 17.9 Å². The summed E-state index contributed by atoms with van der Waals surface area (Å²) in [6.45, 7) is 6.50. The highest BCUT2D eigenvalue weighted by molar-refractivity contribution is 5.71. The Kier molecular flexibility index (Phi) is 51.9. The highest BCUT2D eigenvalue weighted by atomic mass is 16.6. The van der Waals surface area contributed by atoms with E-state index in [1.54, 1.807) is 0 Å². The minimum Gasteiger partial charge on any atom is -0.462 e. The average molecular weight is 921 g/mol. The number of ether oxygens (including phenoxy) is 3. The highest BCUT2D eigenvalue weighted by Crippen LogP contribution is 2.15. The second-order valence-electron chi connectivity index (χ2n) is 18.5. The van der Waals surface area contributed by atoms with Crippen LogP contribution in [0.4, 0.5) is 0 Å². The van der Waals surface area contributed by atoms with Gasteiger partial charge in [-0.2, -0.15) is 0 Å². The molecule has 0 aliphatic heterocycles. The minimum atomic E-state index is -0.790. The van der Waals surface area contributed by atoms with Crippen molar-refractivity contribution in [2.24, 2.45) is 0 Å². The van der Waals surface area contributed by atoms with E-state index in [1.807, 2.05) is 0 Å². The van der Waals surface area contributed by atoms with E-state index in [2.05, 4.69) is 93.7 Å². The predicted molar refractivity (Wildman–Crippen MR) is 284 cm³/mol. The van der Waals surface area contributed by atoms with Crippen molar-refractivity contribution in [3.8, 4) is 0 Å². The molecule has 0 spiro atoms. The lowest BCUT2D eigenvalue weighted by Gasteiger charge is -2.18. The first kappa shape index (κ1) is 62.8. The largest absolute Gasteiger partial charge is 0.462 e. The maximum absolute atomic E-state index is 12.8. The average Bonchev–Trinajstić information content (AvgIpc) is 3.31. The molecule has 0 aromatic carbocycles. The van der Waals surface area contributed by atoms with E-state index < -0.39 is 6.10 Å². The van der Waals surface area contributed by atoms with Crippen molar-refractivity contribution >= 4 is 17.9 Å². The molecule has 0 saturated carbocycles. The Hall–Kier alpha value is -3.15. The third kappa shape index (κ3) is 51.8. The Balaban J connectivity index is 4.42. The molecule has 6 heteroatoms. The number of carbonyl (C=O) groups excluding carboxylic acids is 3. The van der Waals surface area contributed by atoms with Crippen LogP contribution in [0, 0.1) is 0 Å². The highest BCUT2D eigenvalue weighted by Gasteiger charge is 2.19. The molecular weight excluding hydrogens is 817 g/mol. The summed E-state index contributed by atoms with van der Waals surface area (Å²) in [7, 11) is 0. The fraction of sp³-hybridized carbons (Fsp3) is 0.750. The molecule has 66 heavy (non-hydrogen) atoms. The normalized spacial score (nSPS) is 12.6. The van der Waals surface area contributed by atoms with Crippen LogP contribution in [0.1, 0.15) is 271 Å². The summed E-state index contributed by atoms with van der Waals surface area (Å²) in [5, 5.41) is 0. The number of unbranched alkanes of at least 4 members (excludes halogenated alkanes) is 27. The van der Waals surface area contributed by atoms with Gasteiger partial charge in [0.25, 0.3) is 0 Å². The molecule has 6 nitrogen and oxygen atoms in total. The molecule has 0 amide bonds. The van der Waals surface area contributed by atoms with E-state index in [9.17, 15) is 14.4 Å². The van der Waals surface area contributed by atoms with Crippen LogP contribution in [0.3, 0.4) is 0 Å². The van der Waals surface area contributed by atoms with Crippen LogP contribution in [0.25, 0.3) is 0 Å². The van der Waals surface area contributed by atoms with Crippen LogP contribution in [-0.2, 0) is 28.6 Å². The van der Waals surface area contributed by atoms with Gasteiger partial charge in [-0.1, -0.05) is 235 Å². The fourth-order valence-corrected chi connectivity index (χ4v) is 7.76. The minimum absolute atomic E-state index is 0.0861. The molecule has 0 heterocycles. The smallest absolute Gasteiger partial charge is 0.306 e. The van der Waals surface area contributed by atoms with Crippen LogP contribution in [-0.4, -0.2) is 37.2 Å². The molecule has 0 bridgehead atoms. The van der Waals surface area contributed by atoms with E-state index in [0.717, 1.165) is 109 Å². The number of allylic oxidation sites excluding steroid dienone is 12. The van der Waals surface area contributed by atoms with Crippen molar-refractivity contribution in [3.05, 3.63) is 72.9 Å². The van der Waals surface area contributed by atoms with Gasteiger partial charge in [-0.25, -0.2) is 0 Å². The van der Waals surface area contributed by atoms with E-state index >= 15 is 0 Å². The third-order valence-electron chi connectivity index (χ3n) is 11.9. The number of hydrogen-bond donors (Lipinski definition) is 0. The molecular formula is C60H104O6. The van der Waals surface area contributed by atoms with E-state index in [0.29, 0.717) is 19.3 Å². The van der Waals surface area contributed by atoms with Crippen molar-refractivity contribution in [2.75, 3.05) is 13.2 Å². The molecule has 0 rings (SSSR count). The number of esters is 3. The number of carbonyl (C=O) groups is 3. The van der Waals surface area contributed by atoms with Crippen molar-refractivity contribution < 1.29 is 28.6 Å². The zero-order chi connectivity index (χ0) is 47.9. The first-order valence-corrected chi connectivity index (χ1v) is 27.9. The SMILES string of the molecule is CC/C=C\C/C=C\C/C=C\C/C=C\CCCCCCC(=O)OC(COC(=O)CCCCCCCCC/C=C\C/C=C\CCCCCC)COC(=O)CCCCCCCCCCCCCCC. The summed E-state index contributed by atoms with van der Waals surface area (Å²) in [5.41, 5.74) is 0. The summed E-state index contributed by atoms with van der Waals surface area (Å²) in [6, 6.07) is 0. The Bertz CT molecular complexity index is 1240. The van der Waals surface area contributed by atoms with Crippen LogP contribution < -0.4 is 0 Å². The van der Waals surface area contributed by atoms with Gasteiger partial charge in [0.1, 0.15) is 13.2 Å². The maximum atomic E-state index is 12.8. The number of rotatable bonds is 50. The Morgan fingerprint density at radius 1 is 0.318 bits per heavy atom. The molecule has 0 aliphatic rings. The van der Waals surface area contributed by atoms with Gasteiger partial charge < -0.3 is 14.2 Å². The number of hydrogen-bond acceptors (Lipinski definition) is 6. The summed E-state index contributed by atoms with van der Waals surface area (Å²) >= 11 is 0. The molecule has 1 unspecified atom stereocenters. The molecule has 380 valence electrons. The van der Waals surface area contributed by atoms with Crippen molar-refractivity contribution in [1.82, 2.24) is 0 Å². The van der Waals surface area contributed by atoms with Crippen LogP contribution >= 0.6 is 0 Å². The lowest BCUT2D eigenvalue weighted by Crippen LogP contribution is -2.30. The Morgan fingerprint density at radius 3 is 0.939 bits per heavy atom. The quantitative estimate of drug-likeness (QED) is 0.0262. The van der Waals surface area contributed by atoms with Gasteiger partial charge in [-0.3, -0.25) is 14.4 Å². The summed E-state index contributed by atoms with van der Waals surface area (Å²) in [5.74, 6) is -0.911. The molecule has 0 fully saturated rings. The zero-order valence-electron chi connectivity index (χ0n) is 43.4. The van der Waals surface area contributed by atoms with E-state index in [-0.39, 0.29) is 31.1 Å². The first-order chi connectivity index (χ1) is 32.5. The summed E-state index contributed by atoms with van der Waals surface area (Å²) in [4.78, 5) is 38.1. The van der Waals surface area contributed by atoms with Gasteiger partial charge in [-0.15, -0.1) is 0 Å². The summed E-state index contributed by atoms with van der Waals surface area (Å²) in [6.07, 6.45) is 68.8. The standard InChI is InChI=1S/C60H104O6/c1-4-7-10-13-16-19-22-25-27-29-31-32-35-38-41-44-47-50-53-59(62)65-56-57(55-64-58(61)52-49-46-43-40-37-34-24-21-18-15-12-9-6-3)66-60(63)54-51-48-45-42-39-36-33-30-28-26-23-20-17-14-11-8-5-2/h8,11,17,19-20,22,26-29,33,36,57H,4-7,9-10,12-16,18,21,23-25,30-32,34-35,37-56H2,1-3H3/b11-8-,20-17-,22-19-,28-26-,29-27-,36-33-. The molecule has 0 aromatic heterocycles. The van der Waals surface area contributed by atoms with Gasteiger partial charge in [0.2, 0.25) is 0 Å². The lowest BCUT2D eigenvalue weighted by molar-refractivity contribution is -0.167. The molecule has 0 aromatic rings. The molecule has 0 N–H and O–H groups in total.